The number of aliphatic hydroxyl groups excluding tert-OH is 3. The molecule has 0 atom stereocenters. The summed E-state index contributed by atoms with van der Waals surface area (Å²) in [6.07, 6.45) is 0. The Kier molecular flexibility index (Phi) is 5.21. The lowest BCUT2D eigenvalue weighted by Crippen LogP contribution is -2.57. The van der Waals surface area contributed by atoms with Crippen LogP contribution in [0, 0.1) is 5.82 Å². The maximum absolute atomic E-state index is 13.5. The predicted octanol–water partition coefficient (Wildman–Crippen LogP) is 0.0337. The second-order valence-electron chi connectivity index (χ2n) is 3.81. The van der Waals surface area contributed by atoms with Crippen molar-refractivity contribution in [2.75, 3.05) is 19.8 Å². The molecule has 0 heterocycles. The Morgan fingerprint density at radius 1 is 1.28 bits per heavy atom. The maximum Gasteiger partial charge on any atom is 0.256 e. The third-order valence-corrected chi connectivity index (χ3v) is 3.14. The van der Waals surface area contributed by atoms with E-state index in [9.17, 15) is 9.18 Å². The highest BCUT2D eigenvalue weighted by Gasteiger charge is 2.31. The molecular weight excluding hydrogens is 309 g/mol. The van der Waals surface area contributed by atoms with Gasteiger partial charge in [0.1, 0.15) is 11.4 Å². The second kappa shape index (κ2) is 6.24. The van der Waals surface area contributed by atoms with Gasteiger partial charge in [-0.3, -0.25) is 4.79 Å². The number of nitrogens with one attached hydrogen (secondary N) is 1. The van der Waals surface area contributed by atoms with Crippen molar-refractivity contribution in [2.24, 2.45) is 0 Å². The molecule has 1 rings (SSSR count). The van der Waals surface area contributed by atoms with E-state index in [4.69, 9.17) is 15.3 Å². The molecule has 0 fully saturated rings. The van der Waals surface area contributed by atoms with Crippen molar-refractivity contribution in [3.63, 3.8) is 0 Å². The molecule has 5 nitrogen and oxygen atoms in total. The molecule has 1 aromatic carbocycles. The molecule has 0 aliphatic heterocycles. The van der Waals surface area contributed by atoms with Gasteiger partial charge >= 0.3 is 0 Å². The van der Waals surface area contributed by atoms with Crippen LogP contribution in [0.15, 0.2) is 22.7 Å². The molecule has 18 heavy (non-hydrogen) atoms. The van der Waals surface area contributed by atoms with Crippen LogP contribution in [0.5, 0.6) is 0 Å². The summed E-state index contributed by atoms with van der Waals surface area (Å²) >= 11 is 3.03. The van der Waals surface area contributed by atoms with Gasteiger partial charge in [0.05, 0.1) is 25.4 Å². The summed E-state index contributed by atoms with van der Waals surface area (Å²) in [7, 11) is 0. The highest BCUT2D eigenvalue weighted by atomic mass is 79.9. The Morgan fingerprint density at radius 2 is 1.83 bits per heavy atom. The molecule has 0 aliphatic carbocycles. The Hall–Kier alpha value is -1.02. The first kappa shape index (κ1) is 15.0. The summed E-state index contributed by atoms with van der Waals surface area (Å²) in [5.74, 6) is -1.58. The van der Waals surface area contributed by atoms with Gasteiger partial charge in [0.15, 0.2) is 0 Å². The van der Waals surface area contributed by atoms with E-state index in [1.54, 1.807) is 0 Å². The molecular formula is C11H13BrFNO4. The summed E-state index contributed by atoms with van der Waals surface area (Å²) in [6.45, 7) is -2.01. The number of carbonyl (C=O) groups excluding carboxylic acids is 1. The van der Waals surface area contributed by atoms with E-state index >= 15 is 0 Å². The van der Waals surface area contributed by atoms with Gasteiger partial charge in [-0.25, -0.2) is 4.39 Å². The number of amides is 1. The minimum atomic E-state index is -1.58. The SMILES string of the molecule is O=C(NC(CO)(CO)CO)c1c(F)cccc1Br. The molecule has 0 radical (unpaired) electrons. The molecule has 0 saturated heterocycles. The fraction of sp³-hybridized carbons (Fsp3) is 0.364. The molecule has 0 aromatic heterocycles. The standard InChI is InChI=1S/C11H13BrFNO4/c12-7-2-1-3-8(13)9(7)10(18)14-11(4-15,5-16)6-17/h1-3,15-17H,4-6H2,(H,14,18). The van der Waals surface area contributed by atoms with E-state index in [1.165, 1.54) is 12.1 Å². The highest BCUT2D eigenvalue weighted by Crippen LogP contribution is 2.20. The van der Waals surface area contributed by atoms with Crippen LogP contribution in [0.25, 0.3) is 0 Å². The molecule has 1 amide bonds. The van der Waals surface area contributed by atoms with Gasteiger partial charge in [-0.05, 0) is 28.1 Å². The minimum Gasteiger partial charge on any atom is -0.394 e. The summed E-state index contributed by atoms with van der Waals surface area (Å²) in [6, 6.07) is 4.02. The lowest BCUT2D eigenvalue weighted by molar-refractivity contribution is 0.0373. The number of hydrogen-bond acceptors (Lipinski definition) is 4. The van der Waals surface area contributed by atoms with Crippen LogP contribution in [0.3, 0.4) is 0 Å². The molecule has 4 N–H and O–H groups in total. The van der Waals surface area contributed by atoms with Crippen LogP contribution >= 0.6 is 15.9 Å². The quantitative estimate of drug-likeness (QED) is 0.616. The molecule has 7 heteroatoms. The maximum atomic E-state index is 13.5. The van der Waals surface area contributed by atoms with Crippen LogP contribution < -0.4 is 5.32 Å². The number of aliphatic hydroxyl groups is 3. The van der Waals surface area contributed by atoms with Crippen molar-refractivity contribution in [1.82, 2.24) is 5.32 Å². The van der Waals surface area contributed by atoms with Gasteiger partial charge < -0.3 is 20.6 Å². The Balaban J connectivity index is 3.02. The zero-order valence-corrected chi connectivity index (χ0v) is 10.9. The lowest BCUT2D eigenvalue weighted by atomic mass is 10.0. The van der Waals surface area contributed by atoms with Crippen molar-refractivity contribution in [1.29, 1.82) is 0 Å². The van der Waals surface area contributed by atoms with Gasteiger partial charge in [0.2, 0.25) is 0 Å². The largest absolute Gasteiger partial charge is 0.394 e. The summed E-state index contributed by atoms with van der Waals surface area (Å²) in [4.78, 5) is 11.9. The zero-order valence-electron chi connectivity index (χ0n) is 9.36. The smallest absolute Gasteiger partial charge is 0.256 e. The van der Waals surface area contributed by atoms with Crippen molar-refractivity contribution in [2.45, 2.75) is 5.54 Å². The van der Waals surface area contributed by atoms with Gasteiger partial charge in [0.25, 0.3) is 5.91 Å². The van der Waals surface area contributed by atoms with Crippen molar-refractivity contribution < 1.29 is 24.5 Å². The first-order valence-corrected chi connectivity index (χ1v) is 5.88. The van der Waals surface area contributed by atoms with Crippen LogP contribution in [-0.4, -0.2) is 46.6 Å². The average Bonchev–Trinajstić information content (AvgIpc) is 2.36. The zero-order chi connectivity index (χ0) is 13.8. The van der Waals surface area contributed by atoms with E-state index in [-0.39, 0.29) is 10.0 Å². The van der Waals surface area contributed by atoms with Crippen LogP contribution in [0.1, 0.15) is 10.4 Å². The second-order valence-corrected chi connectivity index (χ2v) is 4.66. The van der Waals surface area contributed by atoms with Crippen LogP contribution in [0.2, 0.25) is 0 Å². The molecule has 0 saturated carbocycles. The first-order valence-electron chi connectivity index (χ1n) is 5.09. The Bertz CT molecular complexity index is 409. The molecule has 100 valence electrons. The van der Waals surface area contributed by atoms with Gasteiger partial charge in [-0.15, -0.1) is 0 Å². The van der Waals surface area contributed by atoms with E-state index in [1.807, 2.05) is 0 Å². The third-order valence-electron chi connectivity index (χ3n) is 2.48. The predicted molar refractivity (Wildman–Crippen MR) is 65.6 cm³/mol. The van der Waals surface area contributed by atoms with Gasteiger partial charge in [-0.2, -0.15) is 0 Å². The lowest BCUT2D eigenvalue weighted by Gasteiger charge is -2.28. The fourth-order valence-electron chi connectivity index (χ4n) is 1.29. The molecule has 1 aromatic rings. The fourth-order valence-corrected chi connectivity index (χ4v) is 1.81. The number of rotatable bonds is 5. The Morgan fingerprint density at radius 3 is 2.28 bits per heavy atom. The number of halogens is 2. The van der Waals surface area contributed by atoms with Gasteiger partial charge in [0, 0.05) is 4.47 Å². The molecule has 0 unspecified atom stereocenters. The van der Waals surface area contributed by atoms with E-state index in [0.717, 1.165) is 6.07 Å². The van der Waals surface area contributed by atoms with Gasteiger partial charge in [-0.1, -0.05) is 6.07 Å². The van der Waals surface area contributed by atoms with Crippen LogP contribution in [0.4, 0.5) is 4.39 Å². The molecule has 0 bridgehead atoms. The summed E-state index contributed by atoms with van der Waals surface area (Å²) < 4.78 is 13.7. The van der Waals surface area contributed by atoms with Crippen molar-refractivity contribution >= 4 is 21.8 Å². The molecule has 0 aliphatic rings. The van der Waals surface area contributed by atoms with E-state index in [0.29, 0.717) is 0 Å². The average molecular weight is 322 g/mol. The molecule has 0 spiro atoms. The topological polar surface area (TPSA) is 89.8 Å². The first-order chi connectivity index (χ1) is 8.49. The van der Waals surface area contributed by atoms with E-state index in [2.05, 4.69) is 21.2 Å². The minimum absolute atomic E-state index is 0.239. The highest BCUT2D eigenvalue weighted by molar-refractivity contribution is 9.10. The Labute approximate surface area is 111 Å². The van der Waals surface area contributed by atoms with Crippen LogP contribution in [-0.2, 0) is 0 Å². The van der Waals surface area contributed by atoms with Crippen molar-refractivity contribution in [3.05, 3.63) is 34.1 Å². The summed E-state index contributed by atoms with van der Waals surface area (Å²) in [5, 5.41) is 29.4. The number of hydrogen-bond donors (Lipinski definition) is 4. The number of carbonyl (C=O) groups is 1. The monoisotopic (exact) mass is 321 g/mol. The number of benzene rings is 1. The van der Waals surface area contributed by atoms with Crippen molar-refractivity contribution in [3.8, 4) is 0 Å². The summed E-state index contributed by atoms with van der Waals surface area (Å²) in [5.41, 5.74) is -1.84. The third kappa shape index (κ3) is 3.05. The van der Waals surface area contributed by atoms with E-state index < -0.39 is 37.1 Å². The normalized spacial score (nSPS) is 11.4.